The molecule has 0 aliphatic carbocycles. The van der Waals surface area contributed by atoms with E-state index in [9.17, 15) is 0 Å². The van der Waals surface area contributed by atoms with E-state index in [4.69, 9.17) is 14.5 Å². The van der Waals surface area contributed by atoms with Crippen LogP contribution in [-0.2, 0) is 0 Å². The molecule has 0 saturated carbocycles. The Kier molecular flexibility index (Phi) is 4.81. The van der Waals surface area contributed by atoms with Crippen LogP contribution in [0.1, 0.15) is 32.3 Å². The maximum Gasteiger partial charge on any atom is 0.206 e. The van der Waals surface area contributed by atoms with Crippen LogP contribution in [0.4, 0.5) is 0 Å². The molecule has 5 heteroatoms. The lowest BCUT2D eigenvalue weighted by Crippen LogP contribution is -2.16. The summed E-state index contributed by atoms with van der Waals surface area (Å²) in [5.41, 5.74) is 2.97. The topological polar surface area (TPSA) is 42.8 Å². The normalized spacial score (nSPS) is 13.0. The van der Waals surface area contributed by atoms with E-state index in [1.807, 2.05) is 48.9 Å². The number of aryl methyl sites for hydroxylation is 1. The summed E-state index contributed by atoms with van der Waals surface area (Å²) in [6.07, 6.45) is 0. The van der Waals surface area contributed by atoms with E-state index < -0.39 is 0 Å². The second kappa shape index (κ2) is 7.01. The smallest absolute Gasteiger partial charge is 0.206 e. The molecule has 0 fully saturated rings. The van der Waals surface area contributed by atoms with Crippen LogP contribution in [0.25, 0.3) is 11.3 Å². The number of furan rings is 1. The average molecular weight is 339 g/mol. The molecule has 3 rings (SSSR count). The summed E-state index contributed by atoms with van der Waals surface area (Å²) in [6, 6.07) is 14.3. The van der Waals surface area contributed by atoms with E-state index in [0.29, 0.717) is 0 Å². The molecule has 2 aromatic heterocycles. The van der Waals surface area contributed by atoms with E-state index in [-0.39, 0.29) is 6.04 Å². The van der Waals surface area contributed by atoms with E-state index in [0.717, 1.165) is 33.3 Å². The number of nitrogens with zero attached hydrogens (tertiary/aromatic N) is 3. The Morgan fingerprint density at radius 1 is 1.12 bits per heavy atom. The number of hydrogen-bond donors (Lipinski definition) is 0. The summed E-state index contributed by atoms with van der Waals surface area (Å²) in [7, 11) is 0. The highest BCUT2D eigenvalue weighted by Gasteiger charge is 2.10. The zero-order valence-electron chi connectivity index (χ0n) is 14.4. The minimum atomic E-state index is 0.208. The molecule has 0 aliphatic rings. The van der Waals surface area contributed by atoms with Crippen molar-refractivity contribution in [3.63, 3.8) is 0 Å². The molecule has 3 aromatic rings. The summed E-state index contributed by atoms with van der Waals surface area (Å²) in [5, 5.41) is 6.89. The first-order valence-corrected chi connectivity index (χ1v) is 8.85. The molecule has 0 aliphatic heterocycles. The van der Waals surface area contributed by atoms with Crippen LogP contribution in [0.15, 0.2) is 62.4 Å². The number of benzene rings is 1. The van der Waals surface area contributed by atoms with Gasteiger partial charge in [0.15, 0.2) is 0 Å². The third-order valence-electron chi connectivity index (χ3n) is 3.47. The molecule has 2 heterocycles. The van der Waals surface area contributed by atoms with Crippen molar-refractivity contribution in [3.05, 3.63) is 64.2 Å². The Balaban J connectivity index is 2.15. The highest BCUT2D eigenvalue weighted by molar-refractivity contribution is 7.07. The molecule has 0 amide bonds. The van der Waals surface area contributed by atoms with Crippen LogP contribution >= 0.6 is 11.3 Å². The zero-order chi connectivity index (χ0) is 17.1. The van der Waals surface area contributed by atoms with Gasteiger partial charge in [0.1, 0.15) is 17.2 Å². The molecule has 24 heavy (non-hydrogen) atoms. The second-order valence-corrected chi connectivity index (χ2v) is 6.74. The van der Waals surface area contributed by atoms with Crippen LogP contribution < -0.4 is 4.80 Å². The summed E-state index contributed by atoms with van der Waals surface area (Å²) in [5.74, 6) is 1.66. The lowest BCUT2D eigenvalue weighted by atomic mass is 10.2. The fraction of sp³-hybridized carbons (Fsp3) is 0.263. The summed E-state index contributed by atoms with van der Waals surface area (Å²) in [4.78, 5) is 5.58. The van der Waals surface area contributed by atoms with Crippen LogP contribution in [0, 0.1) is 6.92 Å². The highest BCUT2D eigenvalue weighted by atomic mass is 32.1. The summed E-state index contributed by atoms with van der Waals surface area (Å²) >= 11 is 1.60. The third kappa shape index (κ3) is 3.57. The van der Waals surface area contributed by atoms with Gasteiger partial charge in [0, 0.05) is 17.0 Å². The predicted molar refractivity (Wildman–Crippen MR) is 99.5 cm³/mol. The Morgan fingerprint density at radius 3 is 2.50 bits per heavy atom. The van der Waals surface area contributed by atoms with Crippen LogP contribution in [0.2, 0.25) is 0 Å². The fourth-order valence-electron chi connectivity index (χ4n) is 2.34. The van der Waals surface area contributed by atoms with Gasteiger partial charge in [0.05, 0.1) is 5.69 Å². The number of aromatic nitrogens is 1. The van der Waals surface area contributed by atoms with Crippen LogP contribution in [0.5, 0.6) is 0 Å². The Hall–Kier alpha value is -2.40. The predicted octanol–water partition coefficient (Wildman–Crippen LogP) is 4.70. The van der Waals surface area contributed by atoms with E-state index >= 15 is 0 Å². The van der Waals surface area contributed by atoms with Gasteiger partial charge in [0.2, 0.25) is 4.80 Å². The number of rotatable bonds is 4. The molecule has 0 bridgehead atoms. The fourth-order valence-corrected chi connectivity index (χ4v) is 3.31. The number of hydrogen-bond acceptors (Lipinski definition) is 4. The molecule has 0 saturated heterocycles. The lowest BCUT2D eigenvalue weighted by molar-refractivity contribution is 0.524. The molecular weight excluding hydrogens is 318 g/mol. The summed E-state index contributed by atoms with van der Waals surface area (Å²) < 4.78 is 7.60. The van der Waals surface area contributed by atoms with Crippen molar-refractivity contribution in [1.29, 1.82) is 0 Å². The Bertz CT molecular complexity index is 913. The molecule has 0 atom stereocenters. The third-order valence-corrected chi connectivity index (χ3v) is 4.30. The van der Waals surface area contributed by atoms with Gasteiger partial charge in [-0.25, -0.2) is 4.68 Å². The molecule has 0 radical (unpaired) electrons. The molecule has 0 spiro atoms. The van der Waals surface area contributed by atoms with Crippen molar-refractivity contribution in [2.75, 3.05) is 0 Å². The molecule has 0 unspecified atom stereocenters. The van der Waals surface area contributed by atoms with E-state index in [1.165, 1.54) is 0 Å². The van der Waals surface area contributed by atoms with Crippen molar-refractivity contribution in [2.45, 2.75) is 33.7 Å². The zero-order valence-corrected chi connectivity index (χ0v) is 15.2. The molecule has 0 N–H and O–H groups in total. The monoisotopic (exact) mass is 339 g/mol. The Labute approximate surface area is 145 Å². The molecule has 1 aromatic carbocycles. The lowest BCUT2D eigenvalue weighted by Gasteiger charge is -2.05. The van der Waals surface area contributed by atoms with Gasteiger partial charge in [-0.1, -0.05) is 30.3 Å². The highest BCUT2D eigenvalue weighted by Crippen LogP contribution is 2.20. The first-order valence-electron chi connectivity index (χ1n) is 7.97. The van der Waals surface area contributed by atoms with Gasteiger partial charge < -0.3 is 4.42 Å². The number of thiazole rings is 1. The van der Waals surface area contributed by atoms with Gasteiger partial charge in [-0.05, 0) is 39.8 Å². The van der Waals surface area contributed by atoms with Gasteiger partial charge in [0.25, 0.3) is 0 Å². The Morgan fingerprint density at radius 2 is 1.88 bits per heavy atom. The SMILES string of the molecule is CC(=Nn1c(-c2ccccc2)csc1=NC(C)C)c1ccc(C)o1. The van der Waals surface area contributed by atoms with Gasteiger partial charge in [-0.15, -0.1) is 11.3 Å². The molecular formula is C19H21N3OS. The van der Waals surface area contributed by atoms with Crippen molar-refractivity contribution >= 4 is 17.0 Å². The molecule has 124 valence electrons. The van der Waals surface area contributed by atoms with Gasteiger partial charge >= 0.3 is 0 Å². The van der Waals surface area contributed by atoms with Crippen molar-refractivity contribution in [1.82, 2.24) is 4.68 Å². The standard InChI is InChI=1S/C19H21N3OS/c1-13(2)20-19-22(21-15(4)18-11-10-14(3)23-18)17(12-24-19)16-8-6-5-7-9-16/h5-13H,1-4H3. The molecule has 4 nitrogen and oxygen atoms in total. The maximum atomic E-state index is 5.69. The van der Waals surface area contributed by atoms with Gasteiger partial charge in [-0.3, -0.25) is 4.99 Å². The first kappa shape index (κ1) is 16.5. The van der Waals surface area contributed by atoms with E-state index in [1.54, 1.807) is 11.3 Å². The van der Waals surface area contributed by atoms with Gasteiger partial charge in [-0.2, -0.15) is 5.10 Å². The second-order valence-electron chi connectivity index (χ2n) is 5.90. The quantitative estimate of drug-likeness (QED) is 0.635. The average Bonchev–Trinajstić information content (AvgIpc) is 3.15. The summed E-state index contributed by atoms with van der Waals surface area (Å²) in [6.45, 7) is 8.03. The van der Waals surface area contributed by atoms with Crippen LogP contribution in [-0.4, -0.2) is 16.4 Å². The van der Waals surface area contributed by atoms with Crippen molar-refractivity contribution in [3.8, 4) is 11.3 Å². The van der Waals surface area contributed by atoms with E-state index in [2.05, 4.69) is 31.4 Å². The largest absolute Gasteiger partial charge is 0.460 e. The van der Waals surface area contributed by atoms with Crippen molar-refractivity contribution in [2.24, 2.45) is 10.1 Å². The minimum absolute atomic E-state index is 0.208. The maximum absolute atomic E-state index is 5.69. The first-order chi connectivity index (χ1) is 11.5. The van der Waals surface area contributed by atoms with Crippen molar-refractivity contribution < 1.29 is 4.42 Å². The van der Waals surface area contributed by atoms with Crippen LogP contribution in [0.3, 0.4) is 0 Å². The minimum Gasteiger partial charge on any atom is -0.460 e.